The van der Waals surface area contributed by atoms with Gasteiger partial charge in [0, 0.05) is 11.3 Å². The first-order chi connectivity index (χ1) is 15.3. The first-order valence-corrected chi connectivity index (χ1v) is 12.5. The van der Waals surface area contributed by atoms with Crippen LogP contribution >= 0.6 is 11.3 Å². The molecule has 0 unspecified atom stereocenters. The van der Waals surface area contributed by atoms with Crippen molar-refractivity contribution in [1.82, 2.24) is 9.71 Å². The second-order valence-electron chi connectivity index (χ2n) is 7.68. The number of aryl methyl sites for hydroxylation is 2. The number of carbonyl (C=O) groups excluding carboxylic acids is 1. The number of amides is 1. The van der Waals surface area contributed by atoms with Crippen molar-refractivity contribution >= 4 is 43.2 Å². The summed E-state index contributed by atoms with van der Waals surface area (Å²) in [7, 11) is -3.61. The van der Waals surface area contributed by atoms with Gasteiger partial charge in [0.25, 0.3) is 0 Å². The van der Waals surface area contributed by atoms with Gasteiger partial charge in [0.15, 0.2) is 0 Å². The molecular formula is C24H23N3O3S2. The normalized spacial score (nSPS) is 11.6. The highest BCUT2D eigenvalue weighted by atomic mass is 32.2. The van der Waals surface area contributed by atoms with E-state index in [9.17, 15) is 13.2 Å². The zero-order valence-electron chi connectivity index (χ0n) is 17.8. The number of benzene rings is 3. The summed E-state index contributed by atoms with van der Waals surface area (Å²) in [6.07, 6.45) is 0. The maximum Gasteiger partial charge on any atom is 0.239 e. The topological polar surface area (TPSA) is 88.2 Å². The first kappa shape index (κ1) is 22.1. The summed E-state index contributed by atoms with van der Waals surface area (Å²) in [5.41, 5.74) is 5.44. The van der Waals surface area contributed by atoms with Crippen LogP contribution in [0.5, 0.6) is 0 Å². The molecule has 0 spiro atoms. The fourth-order valence-corrected chi connectivity index (χ4v) is 5.34. The Morgan fingerprint density at radius 1 is 0.938 bits per heavy atom. The zero-order chi connectivity index (χ0) is 22.7. The number of anilines is 1. The Balaban J connectivity index is 1.34. The lowest BCUT2D eigenvalue weighted by molar-refractivity contribution is -0.115. The molecule has 1 heterocycles. The third kappa shape index (κ3) is 5.59. The first-order valence-electron chi connectivity index (χ1n) is 10.1. The van der Waals surface area contributed by atoms with Gasteiger partial charge in [0.2, 0.25) is 15.9 Å². The molecule has 6 nitrogen and oxygen atoms in total. The number of nitrogens with one attached hydrogen (secondary N) is 2. The smallest absolute Gasteiger partial charge is 0.239 e. The second-order valence-corrected chi connectivity index (χ2v) is 10.5. The molecule has 0 aliphatic carbocycles. The van der Waals surface area contributed by atoms with Crippen molar-refractivity contribution in [3.63, 3.8) is 0 Å². The molecule has 4 rings (SSSR count). The Morgan fingerprint density at radius 2 is 1.62 bits per heavy atom. The Morgan fingerprint density at radius 3 is 2.34 bits per heavy atom. The van der Waals surface area contributed by atoms with Crippen LogP contribution in [0.1, 0.15) is 16.7 Å². The fourth-order valence-electron chi connectivity index (χ4n) is 3.19. The molecule has 0 aliphatic rings. The van der Waals surface area contributed by atoms with Crippen LogP contribution < -0.4 is 10.0 Å². The van der Waals surface area contributed by atoms with Crippen LogP contribution in [0.15, 0.2) is 66.7 Å². The van der Waals surface area contributed by atoms with E-state index in [1.807, 2.05) is 43.3 Å². The van der Waals surface area contributed by atoms with Crippen molar-refractivity contribution in [2.45, 2.75) is 19.6 Å². The summed E-state index contributed by atoms with van der Waals surface area (Å²) in [5, 5.41) is 3.63. The summed E-state index contributed by atoms with van der Waals surface area (Å²) in [6, 6.07) is 20.8. The molecule has 0 fully saturated rings. The van der Waals surface area contributed by atoms with E-state index in [1.165, 1.54) is 5.56 Å². The molecule has 0 radical (unpaired) electrons. The van der Waals surface area contributed by atoms with Gasteiger partial charge in [-0.3, -0.25) is 4.79 Å². The number of hydrogen-bond donors (Lipinski definition) is 2. The van der Waals surface area contributed by atoms with E-state index in [0.29, 0.717) is 11.3 Å². The minimum Gasteiger partial charge on any atom is -0.325 e. The van der Waals surface area contributed by atoms with Gasteiger partial charge in [-0.15, -0.1) is 11.3 Å². The van der Waals surface area contributed by atoms with Crippen molar-refractivity contribution < 1.29 is 13.2 Å². The summed E-state index contributed by atoms with van der Waals surface area (Å²) in [4.78, 5) is 16.9. The average Bonchev–Trinajstić information content (AvgIpc) is 3.18. The van der Waals surface area contributed by atoms with Gasteiger partial charge in [-0.25, -0.2) is 18.1 Å². The van der Waals surface area contributed by atoms with E-state index < -0.39 is 15.9 Å². The van der Waals surface area contributed by atoms with Crippen LogP contribution in [0, 0.1) is 13.8 Å². The Bertz CT molecular complexity index is 1360. The minimum absolute atomic E-state index is 0.170. The van der Waals surface area contributed by atoms with E-state index in [1.54, 1.807) is 35.6 Å². The third-order valence-electron chi connectivity index (χ3n) is 4.89. The van der Waals surface area contributed by atoms with Gasteiger partial charge in [-0.05, 0) is 61.4 Å². The molecule has 164 valence electrons. The standard InChI is InChI=1S/C24H23N3O3S2/c1-16-3-6-18(7-4-16)15-32(29,30)25-14-23(28)26-20-10-8-19(9-11-20)24-27-21-12-5-17(2)13-22(21)31-24/h3-13,25H,14-15H2,1-2H3,(H,26,28). The van der Waals surface area contributed by atoms with Gasteiger partial charge in [0.1, 0.15) is 5.01 Å². The molecule has 2 N–H and O–H groups in total. The van der Waals surface area contributed by atoms with Gasteiger partial charge in [0.05, 0.1) is 22.5 Å². The number of carbonyl (C=O) groups is 1. The van der Waals surface area contributed by atoms with Crippen molar-refractivity contribution in [3.05, 3.63) is 83.4 Å². The van der Waals surface area contributed by atoms with Crippen molar-refractivity contribution in [1.29, 1.82) is 0 Å². The van der Waals surface area contributed by atoms with E-state index in [0.717, 1.165) is 26.4 Å². The molecule has 0 saturated carbocycles. The number of hydrogen-bond acceptors (Lipinski definition) is 5. The molecule has 4 aromatic rings. The van der Waals surface area contributed by atoms with E-state index in [4.69, 9.17) is 0 Å². The lowest BCUT2D eigenvalue weighted by atomic mass is 10.2. The maximum atomic E-state index is 12.2. The molecule has 0 aliphatic heterocycles. The number of aromatic nitrogens is 1. The van der Waals surface area contributed by atoms with Gasteiger partial charge < -0.3 is 5.32 Å². The van der Waals surface area contributed by atoms with Crippen LogP contribution in [-0.4, -0.2) is 25.9 Å². The van der Waals surface area contributed by atoms with Gasteiger partial charge in [-0.2, -0.15) is 0 Å². The quantitative estimate of drug-likeness (QED) is 0.416. The largest absolute Gasteiger partial charge is 0.325 e. The molecule has 0 bridgehead atoms. The molecule has 0 saturated heterocycles. The predicted molar refractivity (Wildman–Crippen MR) is 130 cm³/mol. The highest BCUT2D eigenvalue weighted by molar-refractivity contribution is 7.88. The lowest BCUT2D eigenvalue weighted by Crippen LogP contribution is -2.33. The van der Waals surface area contributed by atoms with Crippen molar-refractivity contribution in [2.24, 2.45) is 0 Å². The fraction of sp³-hybridized carbons (Fsp3) is 0.167. The average molecular weight is 466 g/mol. The molecule has 8 heteroatoms. The summed E-state index contributed by atoms with van der Waals surface area (Å²) >= 11 is 1.62. The van der Waals surface area contributed by atoms with E-state index >= 15 is 0 Å². The molecule has 32 heavy (non-hydrogen) atoms. The maximum absolute atomic E-state index is 12.2. The van der Waals surface area contributed by atoms with Crippen molar-refractivity contribution in [2.75, 3.05) is 11.9 Å². The van der Waals surface area contributed by atoms with Gasteiger partial charge in [-0.1, -0.05) is 35.9 Å². The molecule has 0 atom stereocenters. The van der Waals surface area contributed by atoms with Gasteiger partial charge >= 0.3 is 0 Å². The molecule has 1 aromatic heterocycles. The lowest BCUT2D eigenvalue weighted by Gasteiger charge is -2.08. The molecular weight excluding hydrogens is 442 g/mol. The summed E-state index contributed by atoms with van der Waals surface area (Å²) in [6.45, 7) is 3.67. The van der Waals surface area contributed by atoms with Crippen LogP contribution in [0.25, 0.3) is 20.8 Å². The number of rotatable bonds is 7. The van der Waals surface area contributed by atoms with Crippen LogP contribution in [-0.2, 0) is 20.6 Å². The second kappa shape index (κ2) is 9.20. The highest BCUT2D eigenvalue weighted by Gasteiger charge is 2.14. The Labute approximate surface area is 191 Å². The number of thiazole rings is 1. The molecule has 3 aromatic carbocycles. The molecule has 1 amide bonds. The zero-order valence-corrected chi connectivity index (χ0v) is 19.4. The Kier molecular flexibility index (Phi) is 6.36. The summed E-state index contributed by atoms with van der Waals surface area (Å²) < 4.78 is 28.0. The number of fused-ring (bicyclic) bond motifs is 1. The van der Waals surface area contributed by atoms with E-state index in [2.05, 4.69) is 28.0 Å². The van der Waals surface area contributed by atoms with Crippen LogP contribution in [0.4, 0.5) is 5.69 Å². The number of nitrogens with zero attached hydrogens (tertiary/aromatic N) is 1. The Hall–Kier alpha value is -3.07. The van der Waals surface area contributed by atoms with Crippen molar-refractivity contribution in [3.8, 4) is 10.6 Å². The third-order valence-corrected chi connectivity index (χ3v) is 7.25. The number of sulfonamides is 1. The minimum atomic E-state index is -3.61. The predicted octanol–water partition coefficient (Wildman–Crippen LogP) is 4.64. The highest BCUT2D eigenvalue weighted by Crippen LogP contribution is 2.31. The summed E-state index contributed by atoms with van der Waals surface area (Å²) in [5.74, 6) is -0.600. The monoisotopic (exact) mass is 465 g/mol. The van der Waals surface area contributed by atoms with Crippen LogP contribution in [0.2, 0.25) is 0 Å². The van der Waals surface area contributed by atoms with Crippen LogP contribution in [0.3, 0.4) is 0 Å². The SMILES string of the molecule is Cc1ccc(CS(=O)(=O)NCC(=O)Nc2ccc(-c3nc4ccc(C)cc4s3)cc2)cc1. The van der Waals surface area contributed by atoms with E-state index in [-0.39, 0.29) is 12.3 Å².